The van der Waals surface area contributed by atoms with Crippen LogP contribution in [0.15, 0.2) is 64.6 Å². The molecule has 32 heavy (non-hydrogen) atoms. The Morgan fingerprint density at radius 1 is 1.06 bits per heavy atom. The number of hydrogen-bond acceptors (Lipinski definition) is 7. The van der Waals surface area contributed by atoms with Gasteiger partial charge in [-0.05, 0) is 48.0 Å². The number of fused-ring (bicyclic) bond motifs is 1. The number of nitrogens with one attached hydrogen (secondary N) is 2. The van der Waals surface area contributed by atoms with E-state index in [0.29, 0.717) is 23.3 Å². The van der Waals surface area contributed by atoms with Crippen molar-refractivity contribution in [1.29, 1.82) is 0 Å². The molecule has 8 nitrogen and oxygen atoms in total. The van der Waals surface area contributed by atoms with Gasteiger partial charge in [0, 0.05) is 17.4 Å². The summed E-state index contributed by atoms with van der Waals surface area (Å²) in [5.74, 6) is 0.944. The molecular weight excluding hydrogens is 428 g/mol. The number of anilines is 2. The van der Waals surface area contributed by atoms with Crippen LogP contribution in [0.5, 0.6) is 5.75 Å². The highest BCUT2D eigenvalue weighted by atomic mass is 32.1. The first-order chi connectivity index (χ1) is 15.6. The third-order valence-electron chi connectivity index (χ3n) is 4.86. The molecule has 2 N–H and O–H groups in total. The van der Waals surface area contributed by atoms with Gasteiger partial charge in [-0.2, -0.15) is 0 Å². The topological polar surface area (TPSA) is 106 Å². The number of carbonyl (C=O) groups excluding carboxylic acids is 2. The normalized spacial score (nSPS) is 12.1. The summed E-state index contributed by atoms with van der Waals surface area (Å²) in [4.78, 5) is 33.4. The summed E-state index contributed by atoms with van der Waals surface area (Å²) in [6.45, 7) is 0.702. The van der Waals surface area contributed by atoms with Crippen LogP contribution in [0.1, 0.15) is 21.8 Å². The summed E-state index contributed by atoms with van der Waals surface area (Å²) in [6, 6.07) is 14.7. The average Bonchev–Trinajstić information content (AvgIpc) is 3.55. The van der Waals surface area contributed by atoms with E-state index in [1.807, 2.05) is 24.3 Å². The van der Waals surface area contributed by atoms with Crippen molar-refractivity contribution in [3.63, 3.8) is 0 Å². The Morgan fingerprint density at radius 2 is 2.00 bits per heavy atom. The molecule has 4 aromatic rings. The van der Waals surface area contributed by atoms with Crippen LogP contribution >= 0.6 is 11.3 Å². The summed E-state index contributed by atoms with van der Waals surface area (Å²) in [5.41, 5.74) is 3.46. The van der Waals surface area contributed by atoms with E-state index in [9.17, 15) is 9.59 Å². The van der Waals surface area contributed by atoms with Crippen LogP contribution in [0.2, 0.25) is 0 Å². The van der Waals surface area contributed by atoms with Gasteiger partial charge in [0.15, 0.2) is 10.9 Å². The second-order valence-corrected chi connectivity index (χ2v) is 7.99. The molecule has 0 aliphatic carbocycles. The lowest BCUT2D eigenvalue weighted by Crippen LogP contribution is -2.16. The van der Waals surface area contributed by atoms with Crippen LogP contribution in [-0.2, 0) is 17.6 Å². The molecule has 3 aromatic heterocycles. The molecule has 0 unspecified atom stereocenters. The number of amides is 2. The molecule has 0 atom stereocenters. The Kier molecular flexibility index (Phi) is 5.39. The summed E-state index contributed by atoms with van der Waals surface area (Å²) in [6.07, 6.45) is 2.38. The van der Waals surface area contributed by atoms with Crippen molar-refractivity contribution < 1.29 is 18.7 Å². The monoisotopic (exact) mass is 446 g/mol. The molecule has 0 saturated heterocycles. The molecule has 5 rings (SSSR count). The van der Waals surface area contributed by atoms with Crippen LogP contribution in [0, 0.1) is 0 Å². The number of rotatable bonds is 6. The van der Waals surface area contributed by atoms with Crippen molar-refractivity contribution in [3.8, 4) is 17.0 Å². The molecule has 1 aliphatic heterocycles. The molecule has 9 heteroatoms. The van der Waals surface area contributed by atoms with Gasteiger partial charge in [-0.1, -0.05) is 6.07 Å². The summed E-state index contributed by atoms with van der Waals surface area (Å²) in [5, 5.41) is 7.59. The number of carbonyl (C=O) groups is 2. The standard InChI is InChI=1S/C23H18N4O4S/c28-21(12-16-13-32-23(24-16)27-22(29)19-4-2-9-30-19)26-20-5-1-3-17(25-20)14-6-7-18-15(11-14)8-10-31-18/h1-7,9,11,13H,8,10,12H2,(H,24,27,29)(H,25,26,28). The highest BCUT2D eigenvalue weighted by Crippen LogP contribution is 2.30. The quantitative estimate of drug-likeness (QED) is 0.461. The average molecular weight is 446 g/mol. The smallest absolute Gasteiger partial charge is 0.293 e. The summed E-state index contributed by atoms with van der Waals surface area (Å²) < 4.78 is 10.6. The molecule has 2 amide bonds. The predicted molar refractivity (Wildman–Crippen MR) is 120 cm³/mol. The minimum absolute atomic E-state index is 0.0647. The maximum absolute atomic E-state index is 12.5. The number of hydrogen-bond donors (Lipinski definition) is 2. The molecule has 160 valence electrons. The Morgan fingerprint density at radius 3 is 2.88 bits per heavy atom. The van der Waals surface area contributed by atoms with E-state index in [0.717, 1.165) is 29.0 Å². The fraction of sp³-hybridized carbons (Fsp3) is 0.130. The Labute approximate surface area is 187 Å². The lowest BCUT2D eigenvalue weighted by Gasteiger charge is -2.07. The number of aromatic nitrogens is 2. The van der Waals surface area contributed by atoms with Gasteiger partial charge in [0.2, 0.25) is 5.91 Å². The van der Waals surface area contributed by atoms with Crippen molar-refractivity contribution >= 4 is 34.1 Å². The number of benzene rings is 1. The van der Waals surface area contributed by atoms with Crippen molar-refractivity contribution in [3.05, 3.63) is 77.2 Å². The van der Waals surface area contributed by atoms with Crippen LogP contribution in [0.4, 0.5) is 10.9 Å². The zero-order chi connectivity index (χ0) is 21.9. The van der Waals surface area contributed by atoms with E-state index in [1.165, 1.54) is 17.6 Å². The van der Waals surface area contributed by atoms with E-state index in [4.69, 9.17) is 9.15 Å². The van der Waals surface area contributed by atoms with E-state index < -0.39 is 0 Å². The molecule has 0 radical (unpaired) electrons. The summed E-state index contributed by atoms with van der Waals surface area (Å²) >= 11 is 1.24. The fourth-order valence-electron chi connectivity index (χ4n) is 3.37. The van der Waals surface area contributed by atoms with Gasteiger partial charge >= 0.3 is 0 Å². The minimum Gasteiger partial charge on any atom is -0.493 e. The van der Waals surface area contributed by atoms with Gasteiger partial charge in [-0.25, -0.2) is 9.97 Å². The predicted octanol–water partition coefficient (Wildman–Crippen LogP) is 4.17. The largest absolute Gasteiger partial charge is 0.493 e. The second-order valence-electron chi connectivity index (χ2n) is 7.13. The lowest BCUT2D eigenvalue weighted by molar-refractivity contribution is -0.115. The molecule has 4 heterocycles. The van der Waals surface area contributed by atoms with E-state index in [2.05, 4.69) is 26.7 Å². The number of ether oxygens (including phenoxy) is 1. The third kappa shape index (κ3) is 4.37. The molecular formula is C23H18N4O4S. The number of pyridine rings is 1. The molecule has 0 fully saturated rings. The first-order valence-electron chi connectivity index (χ1n) is 9.96. The Bertz CT molecular complexity index is 1280. The van der Waals surface area contributed by atoms with Gasteiger partial charge in [0.05, 0.1) is 30.7 Å². The first-order valence-corrected chi connectivity index (χ1v) is 10.8. The number of nitrogens with zero attached hydrogens (tertiary/aromatic N) is 2. The Balaban J connectivity index is 1.22. The maximum atomic E-state index is 12.5. The highest BCUT2D eigenvalue weighted by molar-refractivity contribution is 7.14. The number of thiazole rings is 1. The Hall–Kier alpha value is -3.98. The zero-order valence-electron chi connectivity index (χ0n) is 16.8. The van der Waals surface area contributed by atoms with Crippen molar-refractivity contribution in [1.82, 2.24) is 9.97 Å². The van der Waals surface area contributed by atoms with Crippen LogP contribution in [0.3, 0.4) is 0 Å². The fourth-order valence-corrected chi connectivity index (χ4v) is 4.08. The minimum atomic E-state index is -0.389. The second kappa shape index (κ2) is 8.64. The van der Waals surface area contributed by atoms with Crippen molar-refractivity contribution in [2.45, 2.75) is 12.8 Å². The molecule has 1 aliphatic rings. The number of furan rings is 1. The first kappa shape index (κ1) is 20.0. The molecule has 0 bridgehead atoms. The van der Waals surface area contributed by atoms with E-state index in [-0.39, 0.29) is 24.0 Å². The van der Waals surface area contributed by atoms with Crippen molar-refractivity contribution in [2.75, 3.05) is 17.2 Å². The van der Waals surface area contributed by atoms with Gasteiger partial charge in [-0.3, -0.25) is 14.9 Å². The SMILES string of the molecule is O=C(Cc1csc(NC(=O)c2ccco2)n1)Nc1cccc(-c2ccc3c(c2)CCO3)n1. The van der Waals surface area contributed by atoms with Gasteiger partial charge in [-0.15, -0.1) is 11.3 Å². The molecule has 1 aromatic carbocycles. The van der Waals surface area contributed by atoms with Crippen LogP contribution < -0.4 is 15.4 Å². The molecule has 0 spiro atoms. The van der Waals surface area contributed by atoms with E-state index in [1.54, 1.807) is 23.6 Å². The lowest BCUT2D eigenvalue weighted by atomic mass is 10.1. The third-order valence-corrected chi connectivity index (χ3v) is 5.67. The van der Waals surface area contributed by atoms with Crippen LogP contribution in [0.25, 0.3) is 11.3 Å². The zero-order valence-corrected chi connectivity index (χ0v) is 17.6. The highest BCUT2D eigenvalue weighted by Gasteiger charge is 2.15. The van der Waals surface area contributed by atoms with Crippen molar-refractivity contribution in [2.24, 2.45) is 0 Å². The molecule has 0 saturated carbocycles. The van der Waals surface area contributed by atoms with Gasteiger partial charge < -0.3 is 14.5 Å². The van der Waals surface area contributed by atoms with E-state index >= 15 is 0 Å². The van der Waals surface area contributed by atoms with Gasteiger partial charge in [0.1, 0.15) is 11.6 Å². The maximum Gasteiger partial charge on any atom is 0.293 e. The van der Waals surface area contributed by atoms with Crippen LogP contribution in [-0.4, -0.2) is 28.4 Å². The van der Waals surface area contributed by atoms with Gasteiger partial charge in [0.25, 0.3) is 5.91 Å². The summed E-state index contributed by atoms with van der Waals surface area (Å²) in [7, 11) is 0.